The Kier molecular flexibility index (Phi) is 5.62. The smallest absolute Gasteiger partial charge is 0.339 e. The Morgan fingerprint density at radius 2 is 1.87 bits per heavy atom. The van der Waals surface area contributed by atoms with Crippen molar-refractivity contribution in [1.29, 1.82) is 0 Å². The van der Waals surface area contributed by atoms with Gasteiger partial charge in [-0.05, 0) is 30.3 Å². The minimum absolute atomic E-state index is 0.108. The molecule has 2 aliphatic heterocycles. The zero-order valence-electron chi connectivity index (χ0n) is 16.3. The summed E-state index contributed by atoms with van der Waals surface area (Å²) in [5, 5.41) is 19.5. The summed E-state index contributed by atoms with van der Waals surface area (Å²) in [6.07, 6.45) is 1.32. The second-order valence-corrected chi connectivity index (χ2v) is 7.92. The number of rotatable bonds is 6. The van der Waals surface area contributed by atoms with Crippen LogP contribution in [0.2, 0.25) is 0 Å². The van der Waals surface area contributed by atoms with E-state index in [1.807, 2.05) is 0 Å². The van der Waals surface area contributed by atoms with Crippen LogP contribution in [0.3, 0.4) is 0 Å². The molecule has 2 aromatic rings. The summed E-state index contributed by atoms with van der Waals surface area (Å²) in [6.45, 7) is 1.60. The van der Waals surface area contributed by atoms with Crippen molar-refractivity contribution in [2.75, 3.05) is 26.2 Å². The molecule has 0 unspecified atom stereocenters. The molecule has 30 heavy (non-hydrogen) atoms. The number of nitrogens with zero attached hydrogens (tertiary/aromatic N) is 1. The SMILES string of the molecule is O=C(O)c1ccc(F)cc1OC[C@H](O)CN1CCC2(CC1)Cc1cc(F)ccc1O2. The lowest BCUT2D eigenvalue weighted by molar-refractivity contribution is -0.00204. The number of β-amino-alcohol motifs (C(OH)–C–C–N with tert-alkyl or cyclic N) is 1. The topological polar surface area (TPSA) is 79.2 Å². The first-order chi connectivity index (χ1) is 14.3. The van der Waals surface area contributed by atoms with Gasteiger partial charge in [-0.3, -0.25) is 0 Å². The lowest BCUT2D eigenvalue weighted by Gasteiger charge is -2.39. The standard InChI is InChI=1S/C22H23F2NO5/c23-15-2-4-19-14(9-15)11-22(30-19)5-7-25(8-6-22)12-17(26)13-29-20-10-16(24)1-3-18(20)21(27)28/h1-4,9-10,17,26H,5-8,11-13H2,(H,27,28)/t17-/m1/s1. The highest BCUT2D eigenvalue weighted by molar-refractivity contribution is 5.90. The Morgan fingerprint density at radius 1 is 1.17 bits per heavy atom. The summed E-state index contributed by atoms with van der Waals surface area (Å²) in [5.74, 6) is -1.47. The van der Waals surface area contributed by atoms with Gasteiger partial charge in [0.1, 0.15) is 47.0 Å². The Morgan fingerprint density at radius 3 is 2.60 bits per heavy atom. The van der Waals surface area contributed by atoms with E-state index < -0.39 is 17.9 Å². The van der Waals surface area contributed by atoms with Crippen molar-refractivity contribution in [3.8, 4) is 11.5 Å². The first-order valence-corrected chi connectivity index (χ1v) is 9.87. The number of benzene rings is 2. The first kappa shape index (κ1) is 20.6. The summed E-state index contributed by atoms with van der Waals surface area (Å²) >= 11 is 0. The number of hydrogen-bond acceptors (Lipinski definition) is 5. The molecule has 2 heterocycles. The van der Waals surface area contributed by atoms with E-state index in [-0.39, 0.29) is 29.3 Å². The monoisotopic (exact) mass is 419 g/mol. The van der Waals surface area contributed by atoms with Gasteiger partial charge in [-0.25, -0.2) is 13.6 Å². The molecule has 0 saturated carbocycles. The molecule has 1 atom stereocenters. The van der Waals surface area contributed by atoms with Gasteiger partial charge in [0.15, 0.2) is 0 Å². The fourth-order valence-electron chi connectivity index (χ4n) is 4.15. The average molecular weight is 419 g/mol. The molecule has 6 nitrogen and oxygen atoms in total. The second kappa shape index (κ2) is 8.20. The molecule has 8 heteroatoms. The van der Waals surface area contributed by atoms with Crippen LogP contribution in [0.5, 0.6) is 11.5 Å². The fraction of sp³-hybridized carbons (Fsp3) is 0.409. The number of fused-ring (bicyclic) bond motifs is 1. The molecule has 4 rings (SSSR count). The molecule has 0 radical (unpaired) electrons. The van der Waals surface area contributed by atoms with E-state index in [9.17, 15) is 18.7 Å². The number of carboxylic acid groups (broad SMARTS) is 1. The highest BCUT2D eigenvalue weighted by Crippen LogP contribution is 2.41. The van der Waals surface area contributed by atoms with E-state index in [2.05, 4.69) is 4.90 Å². The molecule has 160 valence electrons. The minimum atomic E-state index is -1.22. The van der Waals surface area contributed by atoms with Crippen molar-refractivity contribution in [2.24, 2.45) is 0 Å². The summed E-state index contributed by atoms with van der Waals surface area (Å²) in [6, 6.07) is 7.78. The third kappa shape index (κ3) is 4.39. The van der Waals surface area contributed by atoms with Gasteiger partial charge < -0.3 is 24.6 Å². The van der Waals surface area contributed by atoms with Gasteiger partial charge >= 0.3 is 5.97 Å². The Hall–Kier alpha value is -2.71. The van der Waals surface area contributed by atoms with E-state index in [4.69, 9.17) is 14.6 Å². The zero-order chi connectivity index (χ0) is 21.3. The number of piperidine rings is 1. The molecule has 1 fully saturated rings. The molecule has 0 amide bonds. The number of aromatic carboxylic acids is 1. The van der Waals surface area contributed by atoms with Gasteiger partial charge in [0.2, 0.25) is 0 Å². The lowest BCUT2D eigenvalue weighted by atomic mass is 9.87. The van der Waals surface area contributed by atoms with Crippen LogP contribution in [0.25, 0.3) is 0 Å². The van der Waals surface area contributed by atoms with Gasteiger partial charge in [-0.2, -0.15) is 0 Å². The van der Waals surface area contributed by atoms with E-state index in [0.717, 1.165) is 42.4 Å². The predicted octanol–water partition coefficient (Wildman–Crippen LogP) is 2.87. The van der Waals surface area contributed by atoms with E-state index >= 15 is 0 Å². The molecular weight excluding hydrogens is 396 g/mol. The largest absolute Gasteiger partial charge is 0.490 e. The third-order valence-corrected chi connectivity index (χ3v) is 5.70. The molecule has 2 N–H and O–H groups in total. The van der Waals surface area contributed by atoms with Crippen molar-refractivity contribution in [1.82, 2.24) is 4.90 Å². The molecule has 1 spiro atoms. The number of carbonyl (C=O) groups is 1. The van der Waals surface area contributed by atoms with Crippen LogP contribution in [0.1, 0.15) is 28.8 Å². The number of aliphatic hydroxyl groups is 1. The van der Waals surface area contributed by atoms with Crippen LogP contribution in [0.15, 0.2) is 36.4 Å². The Balaban J connectivity index is 1.28. The van der Waals surface area contributed by atoms with Crippen molar-refractivity contribution in [3.05, 3.63) is 59.2 Å². The summed E-state index contributed by atoms with van der Waals surface area (Å²) in [4.78, 5) is 13.3. The van der Waals surface area contributed by atoms with Crippen LogP contribution < -0.4 is 9.47 Å². The molecule has 0 aromatic heterocycles. The second-order valence-electron chi connectivity index (χ2n) is 7.92. The van der Waals surface area contributed by atoms with Gasteiger partial charge in [0.25, 0.3) is 0 Å². The Labute approximate surface area is 172 Å². The number of aliphatic hydroxyl groups excluding tert-OH is 1. The van der Waals surface area contributed by atoms with Gasteiger partial charge in [-0.15, -0.1) is 0 Å². The number of likely N-dealkylation sites (tertiary alicyclic amines) is 1. The molecule has 1 saturated heterocycles. The number of carboxylic acids is 1. The summed E-state index contributed by atoms with van der Waals surface area (Å²) in [7, 11) is 0. The maximum absolute atomic E-state index is 13.5. The maximum atomic E-state index is 13.5. The van der Waals surface area contributed by atoms with Crippen molar-refractivity contribution in [3.63, 3.8) is 0 Å². The highest BCUT2D eigenvalue weighted by atomic mass is 19.1. The molecule has 2 aromatic carbocycles. The van der Waals surface area contributed by atoms with Gasteiger partial charge in [0, 0.05) is 50.5 Å². The van der Waals surface area contributed by atoms with Gasteiger partial charge in [-0.1, -0.05) is 0 Å². The van der Waals surface area contributed by atoms with Crippen molar-refractivity contribution < 1.29 is 33.3 Å². The zero-order valence-corrected chi connectivity index (χ0v) is 16.3. The van der Waals surface area contributed by atoms with Crippen molar-refractivity contribution in [2.45, 2.75) is 31.0 Å². The van der Waals surface area contributed by atoms with Gasteiger partial charge in [0.05, 0.1) is 0 Å². The molecule has 0 aliphatic carbocycles. The maximum Gasteiger partial charge on any atom is 0.339 e. The van der Waals surface area contributed by atoms with E-state index in [0.29, 0.717) is 26.1 Å². The normalized spacial score (nSPS) is 18.6. The summed E-state index contributed by atoms with van der Waals surface area (Å²) in [5.41, 5.74) is 0.408. The molecule has 0 bridgehead atoms. The van der Waals surface area contributed by atoms with Crippen LogP contribution in [0, 0.1) is 11.6 Å². The fourth-order valence-corrected chi connectivity index (χ4v) is 4.15. The summed E-state index contributed by atoms with van der Waals surface area (Å²) < 4.78 is 38.3. The lowest BCUT2D eigenvalue weighted by Crippen LogP contribution is -2.49. The van der Waals surface area contributed by atoms with E-state index in [1.54, 1.807) is 6.07 Å². The average Bonchev–Trinajstić information content (AvgIpc) is 3.05. The quantitative estimate of drug-likeness (QED) is 0.750. The molecular formula is C22H23F2NO5. The van der Waals surface area contributed by atoms with Crippen LogP contribution in [-0.2, 0) is 6.42 Å². The first-order valence-electron chi connectivity index (χ1n) is 9.87. The highest BCUT2D eigenvalue weighted by Gasteiger charge is 2.42. The third-order valence-electron chi connectivity index (χ3n) is 5.70. The minimum Gasteiger partial charge on any atom is -0.490 e. The Bertz CT molecular complexity index is 943. The molecule has 2 aliphatic rings. The number of ether oxygens (including phenoxy) is 2. The number of halogens is 2. The van der Waals surface area contributed by atoms with E-state index in [1.165, 1.54) is 12.1 Å². The van der Waals surface area contributed by atoms with Crippen LogP contribution in [-0.4, -0.2) is 59.0 Å². The van der Waals surface area contributed by atoms with Crippen LogP contribution in [0.4, 0.5) is 8.78 Å². The predicted molar refractivity (Wildman–Crippen MR) is 104 cm³/mol. The van der Waals surface area contributed by atoms with Crippen molar-refractivity contribution >= 4 is 5.97 Å². The number of hydrogen-bond donors (Lipinski definition) is 2. The van der Waals surface area contributed by atoms with Crippen LogP contribution >= 0.6 is 0 Å².